The number of aliphatic hydroxyl groups is 1. The van der Waals surface area contributed by atoms with E-state index < -0.39 is 6.10 Å². The van der Waals surface area contributed by atoms with Crippen LogP contribution in [-0.2, 0) is 0 Å². The lowest BCUT2D eigenvalue weighted by atomic mass is 10.0. The van der Waals surface area contributed by atoms with Crippen molar-refractivity contribution in [3.05, 3.63) is 64.7 Å². The molecule has 2 aromatic carbocycles. The fourth-order valence-electron chi connectivity index (χ4n) is 2.87. The number of benzene rings is 2. The lowest BCUT2D eigenvalue weighted by Gasteiger charge is -2.21. The highest BCUT2D eigenvalue weighted by atomic mass is 127. The third kappa shape index (κ3) is 6.98. The number of nitrogens with zero attached hydrogens (tertiary/aromatic N) is 1. The van der Waals surface area contributed by atoms with Gasteiger partial charge in [-0.25, -0.2) is 0 Å². The molecule has 0 spiro atoms. The summed E-state index contributed by atoms with van der Waals surface area (Å²) in [4.78, 5) is 4.56. The van der Waals surface area contributed by atoms with Gasteiger partial charge in [0.05, 0.1) is 25.8 Å². The van der Waals surface area contributed by atoms with Crippen LogP contribution in [0.1, 0.15) is 48.2 Å². The molecule has 0 bridgehead atoms. The zero-order chi connectivity index (χ0) is 19.8. The maximum absolute atomic E-state index is 10.4. The highest BCUT2D eigenvalue weighted by molar-refractivity contribution is 14.0. The summed E-state index contributed by atoms with van der Waals surface area (Å²) in [5, 5.41) is 17.1. The minimum Gasteiger partial charge on any atom is -0.496 e. The fourth-order valence-corrected chi connectivity index (χ4v) is 2.87. The summed E-state index contributed by atoms with van der Waals surface area (Å²) >= 11 is 0. The first kappa shape index (κ1) is 24.2. The van der Waals surface area contributed by atoms with E-state index in [0.29, 0.717) is 5.96 Å². The Bertz CT molecular complexity index is 763. The molecule has 2 rings (SSSR count). The monoisotopic (exact) mass is 497 g/mol. The number of halogens is 1. The maximum atomic E-state index is 10.4. The lowest BCUT2D eigenvalue weighted by Crippen LogP contribution is -2.39. The molecule has 0 aliphatic heterocycles. The molecule has 28 heavy (non-hydrogen) atoms. The molecule has 3 N–H and O–H groups in total. The van der Waals surface area contributed by atoms with Crippen molar-refractivity contribution < 1.29 is 9.84 Å². The first-order valence-corrected chi connectivity index (χ1v) is 9.38. The molecule has 2 aromatic rings. The Balaban J connectivity index is 0.00000392. The van der Waals surface area contributed by atoms with Gasteiger partial charge in [0.25, 0.3) is 0 Å². The van der Waals surface area contributed by atoms with Crippen LogP contribution in [0, 0.1) is 13.8 Å². The number of aliphatic hydroxyl groups excluding tert-OH is 1. The van der Waals surface area contributed by atoms with Crippen LogP contribution in [-0.4, -0.2) is 31.3 Å². The largest absolute Gasteiger partial charge is 0.496 e. The van der Waals surface area contributed by atoms with Crippen LogP contribution in [0.5, 0.6) is 5.75 Å². The van der Waals surface area contributed by atoms with Crippen molar-refractivity contribution in [2.24, 2.45) is 4.99 Å². The second-order valence-electron chi connectivity index (χ2n) is 6.76. The molecular weight excluding hydrogens is 465 g/mol. The van der Waals surface area contributed by atoms with E-state index in [-0.39, 0.29) is 36.6 Å². The Morgan fingerprint density at radius 1 is 1.11 bits per heavy atom. The van der Waals surface area contributed by atoms with Crippen molar-refractivity contribution in [1.82, 2.24) is 10.6 Å². The molecule has 0 fully saturated rings. The van der Waals surface area contributed by atoms with Crippen LogP contribution in [0.3, 0.4) is 0 Å². The summed E-state index contributed by atoms with van der Waals surface area (Å²) in [6.07, 6.45) is -0.634. The van der Waals surface area contributed by atoms with Crippen molar-refractivity contribution in [3.8, 4) is 5.75 Å². The molecule has 0 saturated heterocycles. The standard InChI is InChI=1S/C22H31N3O2.HI/c1-6-23-22(24-14-20(26)18-10-7-15(2)8-11-18)25-17(4)19-13-16(3)9-12-21(19)27-5;/h7-13,17,20,26H,6,14H2,1-5H3,(H2,23,24,25);1H. The van der Waals surface area contributed by atoms with Crippen LogP contribution in [0.4, 0.5) is 0 Å². The summed E-state index contributed by atoms with van der Waals surface area (Å²) in [5.41, 5.74) is 4.29. The Hall–Kier alpha value is -1.80. The maximum Gasteiger partial charge on any atom is 0.191 e. The fraction of sp³-hybridized carbons (Fsp3) is 0.409. The number of rotatable bonds is 7. The Morgan fingerprint density at radius 3 is 2.36 bits per heavy atom. The Labute approximate surface area is 185 Å². The van der Waals surface area contributed by atoms with Gasteiger partial charge in [-0.15, -0.1) is 24.0 Å². The van der Waals surface area contributed by atoms with E-state index in [2.05, 4.69) is 35.5 Å². The molecule has 0 heterocycles. The van der Waals surface area contributed by atoms with Gasteiger partial charge >= 0.3 is 0 Å². The molecule has 154 valence electrons. The van der Waals surface area contributed by atoms with Crippen LogP contribution >= 0.6 is 24.0 Å². The van der Waals surface area contributed by atoms with Gasteiger partial charge < -0.3 is 20.5 Å². The summed E-state index contributed by atoms with van der Waals surface area (Å²) in [6, 6.07) is 14.0. The number of guanidine groups is 1. The van der Waals surface area contributed by atoms with Gasteiger partial charge in [0.15, 0.2) is 5.96 Å². The first-order chi connectivity index (χ1) is 12.9. The van der Waals surface area contributed by atoms with E-state index in [9.17, 15) is 5.11 Å². The number of methoxy groups -OCH3 is 1. The third-order valence-corrected chi connectivity index (χ3v) is 4.43. The zero-order valence-corrected chi connectivity index (χ0v) is 19.7. The molecule has 0 aromatic heterocycles. The predicted molar refractivity (Wildman–Crippen MR) is 127 cm³/mol. The molecule has 6 heteroatoms. The van der Waals surface area contributed by atoms with Crippen LogP contribution in [0.25, 0.3) is 0 Å². The zero-order valence-electron chi connectivity index (χ0n) is 17.3. The SMILES string of the molecule is CCNC(=NCC(O)c1ccc(C)cc1)NC(C)c1cc(C)ccc1OC.I. The van der Waals surface area contributed by atoms with Crippen LogP contribution in [0.15, 0.2) is 47.5 Å². The number of nitrogens with one attached hydrogen (secondary N) is 2. The molecule has 0 amide bonds. The number of aryl methyl sites for hydroxylation is 2. The number of ether oxygens (including phenoxy) is 1. The highest BCUT2D eigenvalue weighted by Gasteiger charge is 2.14. The van der Waals surface area contributed by atoms with Crippen molar-refractivity contribution in [2.75, 3.05) is 20.2 Å². The average Bonchev–Trinajstić information content (AvgIpc) is 2.66. The quantitative estimate of drug-likeness (QED) is 0.304. The minimum atomic E-state index is -0.634. The summed E-state index contributed by atoms with van der Waals surface area (Å²) in [7, 11) is 1.68. The second kappa shape index (κ2) is 11.9. The van der Waals surface area contributed by atoms with E-state index in [1.165, 1.54) is 11.1 Å². The number of aliphatic imine (C=N–C) groups is 1. The molecule has 0 aliphatic rings. The van der Waals surface area contributed by atoms with E-state index in [0.717, 1.165) is 23.4 Å². The first-order valence-electron chi connectivity index (χ1n) is 9.38. The van der Waals surface area contributed by atoms with Crippen molar-refractivity contribution in [3.63, 3.8) is 0 Å². The van der Waals surface area contributed by atoms with E-state index in [4.69, 9.17) is 4.74 Å². The second-order valence-corrected chi connectivity index (χ2v) is 6.76. The minimum absolute atomic E-state index is 0. The third-order valence-electron chi connectivity index (χ3n) is 4.43. The summed E-state index contributed by atoms with van der Waals surface area (Å²) < 4.78 is 5.49. The van der Waals surface area contributed by atoms with E-state index in [1.807, 2.05) is 50.2 Å². The summed E-state index contributed by atoms with van der Waals surface area (Å²) in [5.74, 6) is 1.51. The van der Waals surface area contributed by atoms with Gasteiger partial charge in [0.1, 0.15) is 5.75 Å². The van der Waals surface area contributed by atoms with Crippen molar-refractivity contribution in [1.29, 1.82) is 0 Å². The molecular formula is C22H32IN3O2. The average molecular weight is 497 g/mol. The van der Waals surface area contributed by atoms with Gasteiger partial charge in [0, 0.05) is 12.1 Å². The molecule has 5 nitrogen and oxygen atoms in total. The Kier molecular flexibility index (Phi) is 10.3. The topological polar surface area (TPSA) is 65.9 Å². The summed E-state index contributed by atoms with van der Waals surface area (Å²) in [6.45, 7) is 9.21. The molecule has 0 saturated carbocycles. The molecule has 0 radical (unpaired) electrons. The van der Waals surface area contributed by atoms with Crippen molar-refractivity contribution in [2.45, 2.75) is 39.8 Å². The number of hydrogen-bond acceptors (Lipinski definition) is 3. The van der Waals surface area contributed by atoms with Crippen LogP contribution < -0.4 is 15.4 Å². The van der Waals surface area contributed by atoms with Gasteiger partial charge in [-0.05, 0) is 39.3 Å². The number of hydrogen-bond donors (Lipinski definition) is 3. The van der Waals surface area contributed by atoms with Crippen LogP contribution in [0.2, 0.25) is 0 Å². The van der Waals surface area contributed by atoms with Gasteiger partial charge in [-0.2, -0.15) is 0 Å². The Morgan fingerprint density at radius 2 is 1.75 bits per heavy atom. The van der Waals surface area contributed by atoms with Gasteiger partial charge in [-0.3, -0.25) is 4.99 Å². The normalized spacial score (nSPS) is 13.3. The molecule has 2 atom stereocenters. The highest BCUT2D eigenvalue weighted by Crippen LogP contribution is 2.26. The van der Waals surface area contributed by atoms with Gasteiger partial charge in [0.2, 0.25) is 0 Å². The predicted octanol–water partition coefficient (Wildman–Crippen LogP) is 4.28. The van der Waals surface area contributed by atoms with E-state index >= 15 is 0 Å². The molecule has 0 aliphatic carbocycles. The van der Waals surface area contributed by atoms with Gasteiger partial charge in [-0.1, -0.05) is 47.5 Å². The lowest BCUT2D eigenvalue weighted by molar-refractivity contribution is 0.187. The van der Waals surface area contributed by atoms with E-state index in [1.54, 1.807) is 7.11 Å². The van der Waals surface area contributed by atoms with Crippen molar-refractivity contribution >= 4 is 29.9 Å². The molecule has 2 unspecified atom stereocenters. The smallest absolute Gasteiger partial charge is 0.191 e.